The van der Waals surface area contributed by atoms with Gasteiger partial charge in [-0.25, -0.2) is 0 Å². The molecule has 1 amide bonds. The van der Waals surface area contributed by atoms with Crippen molar-refractivity contribution >= 4 is 11.6 Å². The third kappa shape index (κ3) is 3.86. The van der Waals surface area contributed by atoms with E-state index in [0.29, 0.717) is 6.04 Å². The second-order valence-electron chi connectivity index (χ2n) is 7.96. The molecule has 0 saturated carbocycles. The van der Waals surface area contributed by atoms with Crippen LogP contribution in [-0.4, -0.2) is 62.0 Å². The zero-order chi connectivity index (χ0) is 18.8. The van der Waals surface area contributed by atoms with E-state index in [0.717, 1.165) is 48.4 Å². The number of fused-ring (bicyclic) bond motifs is 1. The molecule has 0 N–H and O–H groups in total. The Morgan fingerprint density at radius 2 is 1.70 bits per heavy atom. The molecule has 4 rings (SSSR count). The van der Waals surface area contributed by atoms with Crippen LogP contribution in [-0.2, 0) is 0 Å². The van der Waals surface area contributed by atoms with E-state index < -0.39 is 0 Å². The number of hydrogen-bond acceptors (Lipinski definition) is 3. The van der Waals surface area contributed by atoms with Crippen LogP contribution in [0.2, 0.25) is 0 Å². The molecule has 1 atom stereocenters. The Labute approximate surface area is 162 Å². The zero-order valence-corrected chi connectivity index (χ0v) is 16.4. The molecular weight excluding hydrogens is 334 g/mol. The van der Waals surface area contributed by atoms with Crippen LogP contribution in [0, 0.1) is 0 Å². The minimum atomic E-state index is 0.175. The third-order valence-corrected chi connectivity index (χ3v) is 5.90. The standard InChI is InChI=1S/C23H29N3O/c1-24(2)21-10-4-8-19(16-21)18-7-3-9-20(15-18)23(27)26-14-6-13-25-12-5-11-22(25)17-26/h3-4,7-10,15-16,22H,5-6,11-14,17H2,1-2H3/t22-/m0/s1. The van der Waals surface area contributed by atoms with Crippen LogP contribution >= 0.6 is 0 Å². The van der Waals surface area contributed by atoms with Crippen LogP contribution < -0.4 is 4.90 Å². The largest absolute Gasteiger partial charge is 0.378 e. The molecule has 27 heavy (non-hydrogen) atoms. The number of nitrogens with zero attached hydrogens (tertiary/aromatic N) is 3. The summed E-state index contributed by atoms with van der Waals surface area (Å²) in [5.41, 5.74) is 4.21. The van der Waals surface area contributed by atoms with Gasteiger partial charge in [0.2, 0.25) is 0 Å². The number of hydrogen-bond donors (Lipinski definition) is 0. The van der Waals surface area contributed by atoms with Gasteiger partial charge in [0.15, 0.2) is 0 Å². The lowest BCUT2D eigenvalue weighted by molar-refractivity contribution is 0.0743. The topological polar surface area (TPSA) is 26.8 Å². The number of benzene rings is 2. The molecule has 2 aliphatic rings. The zero-order valence-electron chi connectivity index (χ0n) is 16.4. The van der Waals surface area contributed by atoms with E-state index >= 15 is 0 Å². The lowest BCUT2D eigenvalue weighted by Crippen LogP contribution is -2.39. The van der Waals surface area contributed by atoms with Gasteiger partial charge in [-0.2, -0.15) is 0 Å². The van der Waals surface area contributed by atoms with Gasteiger partial charge < -0.3 is 9.80 Å². The maximum atomic E-state index is 13.2. The van der Waals surface area contributed by atoms with Gasteiger partial charge in [-0.15, -0.1) is 0 Å². The van der Waals surface area contributed by atoms with Gasteiger partial charge >= 0.3 is 0 Å². The lowest BCUT2D eigenvalue weighted by Gasteiger charge is -2.26. The molecule has 0 spiro atoms. The molecule has 2 saturated heterocycles. The number of carbonyl (C=O) groups excluding carboxylic acids is 1. The van der Waals surface area contributed by atoms with Crippen molar-refractivity contribution < 1.29 is 4.79 Å². The van der Waals surface area contributed by atoms with Crippen molar-refractivity contribution in [1.82, 2.24) is 9.80 Å². The molecule has 142 valence electrons. The fraction of sp³-hybridized carbons (Fsp3) is 0.435. The monoisotopic (exact) mass is 363 g/mol. The molecule has 0 aromatic heterocycles. The first kappa shape index (κ1) is 18.1. The SMILES string of the molecule is CN(C)c1cccc(-c2cccc(C(=O)N3CCCN4CCC[C@H]4C3)c2)c1. The molecule has 2 aromatic carbocycles. The first-order chi connectivity index (χ1) is 13.1. The molecule has 2 heterocycles. The Morgan fingerprint density at radius 1 is 0.963 bits per heavy atom. The molecule has 0 radical (unpaired) electrons. The van der Waals surface area contributed by atoms with E-state index in [2.05, 4.69) is 51.1 Å². The summed E-state index contributed by atoms with van der Waals surface area (Å²) >= 11 is 0. The van der Waals surface area contributed by atoms with Crippen molar-refractivity contribution in [3.63, 3.8) is 0 Å². The minimum Gasteiger partial charge on any atom is -0.378 e. The highest BCUT2D eigenvalue weighted by Gasteiger charge is 2.30. The highest BCUT2D eigenvalue weighted by molar-refractivity contribution is 5.95. The Bertz CT molecular complexity index is 817. The Morgan fingerprint density at radius 3 is 2.52 bits per heavy atom. The summed E-state index contributed by atoms with van der Waals surface area (Å²) in [4.78, 5) is 19.9. The molecule has 4 nitrogen and oxygen atoms in total. The van der Waals surface area contributed by atoms with Gasteiger partial charge in [-0.3, -0.25) is 9.69 Å². The van der Waals surface area contributed by atoms with E-state index in [1.54, 1.807) is 0 Å². The van der Waals surface area contributed by atoms with Crippen LogP contribution in [0.15, 0.2) is 48.5 Å². The van der Waals surface area contributed by atoms with Gasteiger partial charge in [-0.05, 0) is 61.2 Å². The Kier molecular flexibility index (Phi) is 5.17. The van der Waals surface area contributed by atoms with Crippen molar-refractivity contribution in [2.75, 3.05) is 45.2 Å². The van der Waals surface area contributed by atoms with Gasteiger partial charge in [0.05, 0.1) is 0 Å². The fourth-order valence-electron chi connectivity index (χ4n) is 4.37. The molecule has 2 fully saturated rings. The summed E-state index contributed by atoms with van der Waals surface area (Å²) in [6.45, 7) is 4.07. The molecular formula is C23H29N3O. The molecule has 0 aliphatic carbocycles. The average molecular weight is 364 g/mol. The van der Waals surface area contributed by atoms with E-state index in [4.69, 9.17) is 0 Å². The van der Waals surface area contributed by atoms with E-state index in [1.165, 1.54) is 19.4 Å². The second kappa shape index (κ2) is 7.73. The van der Waals surface area contributed by atoms with Crippen LogP contribution in [0.4, 0.5) is 5.69 Å². The third-order valence-electron chi connectivity index (χ3n) is 5.90. The Hall–Kier alpha value is -2.33. The fourth-order valence-corrected chi connectivity index (χ4v) is 4.37. The molecule has 4 heteroatoms. The lowest BCUT2D eigenvalue weighted by atomic mass is 10.0. The highest BCUT2D eigenvalue weighted by Crippen LogP contribution is 2.26. The summed E-state index contributed by atoms with van der Waals surface area (Å²) in [5.74, 6) is 0.175. The van der Waals surface area contributed by atoms with Crippen molar-refractivity contribution in [3.05, 3.63) is 54.1 Å². The maximum absolute atomic E-state index is 13.2. The quantitative estimate of drug-likeness (QED) is 0.831. The summed E-state index contributed by atoms with van der Waals surface area (Å²) < 4.78 is 0. The average Bonchev–Trinajstić information content (AvgIpc) is 3.04. The van der Waals surface area contributed by atoms with E-state index in [1.807, 2.05) is 26.2 Å². The molecule has 2 aliphatic heterocycles. The summed E-state index contributed by atoms with van der Waals surface area (Å²) in [6.07, 6.45) is 3.57. The summed E-state index contributed by atoms with van der Waals surface area (Å²) in [5, 5.41) is 0. The second-order valence-corrected chi connectivity index (χ2v) is 7.96. The van der Waals surface area contributed by atoms with Gasteiger partial charge in [-0.1, -0.05) is 24.3 Å². The van der Waals surface area contributed by atoms with Crippen molar-refractivity contribution in [1.29, 1.82) is 0 Å². The summed E-state index contributed by atoms with van der Waals surface area (Å²) in [6, 6.07) is 17.1. The van der Waals surface area contributed by atoms with Crippen molar-refractivity contribution in [3.8, 4) is 11.1 Å². The number of amides is 1. The molecule has 0 bridgehead atoms. The van der Waals surface area contributed by atoms with Crippen molar-refractivity contribution in [2.45, 2.75) is 25.3 Å². The van der Waals surface area contributed by atoms with E-state index in [-0.39, 0.29) is 5.91 Å². The van der Waals surface area contributed by atoms with Gasteiger partial charge in [0.25, 0.3) is 5.91 Å². The predicted molar refractivity (Wildman–Crippen MR) is 111 cm³/mol. The van der Waals surface area contributed by atoms with Crippen LogP contribution in [0.5, 0.6) is 0 Å². The smallest absolute Gasteiger partial charge is 0.253 e. The maximum Gasteiger partial charge on any atom is 0.253 e. The van der Waals surface area contributed by atoms with Gasteiger partial charge in [0.1, 0.15) is 0 Å². The molecule has 0 unspecified atom stereocenters. The van der Waals surface area contributed by atoms with Crippen LogP contribution in [0.1, 0.15) is 29.6 Å². The number of rotatable bonds is 3. The van der Waals surface area contributed by atoms with Crippen LogP contribution in [0.3, 0.4) is 0 Å². The summed E-state index contributed by atoms with van der Waals surface area (Å²) in [7, 11) is 4.09. The highest BCUT2D eigenvalue weighted by atomic mass is 16.2. The number of anilines is 1. The normalized spacial score (nSPS) is 20.2. The predicted octanol–water partition coefficient (Wildman–Crippen LogP) is 3.73. The number of carbonyl (C=O) groups is 1. The minimum absolute atomic E-state index is 0.175. The first-order valence-electron chi connectivity index (χ1n) is 10.0. The Balaban J connectivity index is 1.56. The first-order valence-corrected chi connectivity index (χ1v) is 10.0. The van der Waals surface area contributed by atoms with Crippen molar-refractivity contribution in [2.24, 2.45) is 0 Å². The van der Waals surface area contributed by atoms with Gasteiger partial charge in [0, 0.05) is 51.0 Å². The van der Waals surface area contributed by atoms with E-state index in [9.17, 15) is 4.79 Å². The van der Waals surface area contributed by atoms with Crippen LogP contribution in [0.25, 0.3) is 11.1 Å². The molecule has 2 aromatic rings.